The van der Waals surface area contributed by atoms with Gasteiger partial charge in [0.05, 0.1) is 23.2 Å². The highest BCUT2D eigenvalue weighted by molar-refractivity contribution is 7.92. The van der Waals surface area contributed by atoms with Gasteiger partial charge in [-0.05, 0) is 74.9 Å². The van der Waals surface area contributed by atoms with Gasteiger partial charge in [0, 0.05) is 5.02 Å². The summed E-state index contributed by atoms with van der Waals surface area (Å²) >= 11 is 5.92. The standard InChI is InChI=1S/C25H27ClN2O4S/c1-4-32-23-13-7-20(8-14-23)19(3)27-25(29)17-28(22-11-5-18(2)6-12-22)33(30,31)24-15-9-21(26)10-16-24/h5-16,19H,4,17H2,1-3H3,(H,27,29)/t19-/m0/s1. The molecule has 0 aromatic heterocycles. The fourth-order valence-corrected chi connectivity index (χ4v) is 4.83. The van der Waals surface area contributed by atoms with E-state index in [0.717, 1.165) is 21.2 Å². The maximum Gasteiger partial charge on any atom is 0.264 e. The van der Waals surface area contributed by atoms with Crippen molar-refractivity contribution in [3.8, 4) is 5.75 Å². The molecule has 0 spiro atoms. The van der Waals surface area contributed by atoms with Crippen molar-refractivity contribution >= 4 is 33.2 Å². The van der Waals surface area contributed by atoms with Gasteiger partial charge in [-0.15, -0.1) is 0 Å². The van der Waals surface area contributed by atoms with Gasteiger partial charge in [0.1, 0.15) is 12.3 Å². The van der Waals surface area contributed by atoms with Gasteiger partial charge in [0.25, 0.3) is 10.0 Å². The predicted octanol–water partition coefficient (Wildman–Crippen LogP) is 5.12. The van der Waals surface area contributed by atoms with Gasteiger partial charge in [0.2, 0.25) is 5.91 Å². The molecule has 0 aliphatic heterocycles. The molecular weight excluding hydrogens is 460 g/mol. The number of ether oxygens (including phenoxy) is 1. The third kappa shape index (κ3) is 6.27. The van der Waals surface area contributed by atoms with Crippen LogP contribution in [0.2, 0.25) is 5.02 Å². The zero-order chi connectivity index (χ0) is 24.0. The number of rotatable bonds is 9. The van der Waals surface area contributed by atoms with Crippen LogP contribution in [0.4, 0.5) is 5.69 Å². The van der Waals surface area contributed by atoms with Crippen LogP contribution >= 0.6 is 11.6 Å². The van der Waals surface area contributed by atoms with E-state index in [1.807, 2.05) is 45.0 Å². The Bertz CT molecular complexity index is 1180. The fourth-order valence-electron chi connectivity index (χ4n) is 3.28. The van der Waals surface area contributed by atoms with E-state index >= 15 is 0 Å². The Balaban J connectivity index is 1.83. The summed E-state index contributed by atoms with van der Waals surface area (Å²) in [4.78, 5) is 13.0. The van der Waals surface area contributed by atoms with Gasteiger partial charge >= 0.3 is 0 Å². The number of hydrogen-bond donors (Lipinski definition) is 1. The Morgan fingerprint density at radius 1 is 1.00 bits per heavy atom. The number of hydrogen-bond acceptors (Lipinski definition) is 4. The minimum Gasteiger partial charge on any atom is -0.494 e. The number of nitrogens with zero attached hydrogens (tertiary/aromatic N) is 1. The van der Waals surface area contributed by atoms with Crippen LogP contribution in [0.15, 0.2) is 77.7 Å². The van der Waals surface area contributed by atoms with E-state index in [1.54, 1.807) is 24.3 Å². The summed E-state index contributed by atoms with van der Waals surface area (Å²) < 4.78 is 33.4. The molecule has 0 fully saturated rings. The average molecular weight is 487 g/mol. The highest BCUT2D eigenvalue weighted by Crippen LogP contribution is 2.25. The van der Waals surface area contributed by atoms with Crippen molar-refractivity contribution in [1.29, 1.82) is 0 Å². The van der Waals surface area contributed by atoms with Crippen molar-refractivity contribution in [1.82, 2.24) is 5.32 Å². The number of amides is 1. The molecule has 0 bridgehead atoms. The molecule has 0 saturated carbocycles. The normalized spacial score (nSPS) is 12.1. The summed E-state index contributed by atoms with van der Waals surface area (Å²) in [6.07, 6.45) is 0. The number of aryl methyl sites for hydroxylation is 1. The number of carbonyl (C=O) groups excluding carboxylic acids is 1. The smallest absolute Gasteiger partial charge is 0.264 e. The fraction of sp³-hybridized carbons (Fsp3) is 0.240. The Morgan fingerprint density at radius 2 is 1.61 bits per heavy atom. The van der Waals surface area contributed by atoms with Crippen molar-refractivity contribution in [3.05, 3.63) is 88.9 Å². The molecule has 0 aliphatic carbocycles. The van der Waals surface area contributed by atoms with Crippen molar-refractivity contribution in [3.63, 3.8) is 0 Å². The molecule has 0 radical (unpaired) electrons. The maximum absolute atomic E-state index is 13.4. The monoisotopic (exact) mass is 486 g/mol. The van der Waals surface area contributed by atoms with Gasteiger partial charge in [-0.1, -0.05) is 41.4 Å². The lowest BCUT2D eigenvalue weighted by Crippen LogP contribution is -2.41. The summed E-state index contributed by atoms with van der Waals surface area (Å²) in [5, 5.41) is 3.31. The number of sulfonamides is 1. The summed E-state index contributed by atoms with van der Waals surface area (Å²) in [5.41, 5.74) is 2.27. The molecule has 0 unspecified atom stereocenters. The van der Waals surface area contributed by atoms with Gasteiger partial charge in [0.15, 0.2) is 0 Å². The van der Waals surface area contributed by atoms with E-state index in [0.29, 0.717) is 17.3 Å². The number of halogens is 1. The van der Waals surface area contributed by atoms with Crippen molar-refractivity contribution < 1.29 is 17.9 Å². The van der Waals surface area contributed by atoms with Gasteiger partial charge in [-0.25, -0.2) is 8.42 Å². The largest absolute Gasteiger partial charge is 0.494 e. The van der Waals surface area contributed by atoms with Gasteiger partial charge < -0.3 is 10.1 Å². The van der Waals surface area contributed by atoms with Gasteiger partial charge in [-0.3, -0.25) is 9.10 Å². The number of carbonyl (C=O) groups is 1. The minimum atomic E-state index is -3.99. The summed E-state index contributed by atoms with van der Waals surface area (Å²) in [7, 11) is -3.99. The van der Waals surface area contributed by atoms with Crippen LogP contribution in [0.5, 0.6) is 5.75 Å². The Kier molecular flexibility index (Phi) is 8.00. The second-order valence-corrected chi connectivity index (χ2v) is 9.89. The highest BCUT2D eigenvalue weighted by atomic mass is 35.5. The molecule has 3 aromatic rings. The van der Waals surface area contributed by atoms with E-state index in [2.05, 4.69) is 5.32 Å². The maximum atomic E-state index is 13.4. The number of anilines is 1. The predicted molar refractivity (Wildman–Crippen MR) is 131 cm³/mol. The molecule has 0 aliphatic rings. The minimum absolute atomic E-state index is 0.0554. The molecule has 1 amide bonds. The SMILES string of the molecule is CCOc1ccc([C@H](C)NC(=O)CN(c2ccc(C)cc2)S(=O)(=O)c2ccc(Cl)cc2)cc1. The number of benzene rings is 3. The van der Waals surface area contributed by atoms with Crippen molar-refractivity contribution in [2.75, 3.05) is 17.5 Å². The second-order valence-electron chi connectivity index (χ2n) is 7.59. The van der Waals surface area contributed by atoms with E-state index in [9.17, 15) is 13.2 Å². The number of nitrogens with one attached hydrogen (secondary N) is 1. The quantitative estimate of drug-likeness (QED) is 0.455. The lowest BCUT2D eigenvalue weighted by Gasteiger charge is -2.25. The van der Waals surface area contributed by atoms with E-state index in [1.165, 1.54) is 24.3 Å². The lowest BCUT2D eigenvalue weighted by atomic mass is 10.1. The zero-order valence-corrected chi connectivity index (χ0v) is 20.4. The van der Waals surface area contributed by atoms with Gasteiger partial charge in [-0.2, -0.15) is 0 Å². The summed E-state index contributed by atoms with van der Waals surface area (Å²) in [6.45, 7) is 5.87. The first-order chi connectivity index (χ1) is 15.7. The Hall–Kier alpha value is -3.03. The molecule has 3 rings (SSSR count). The third-order valence-corrected chi connectivity index (χ3v) is 7.12. The van der Waals surface area contributed by atoms with Crippen LogP contribution in [0.1, 0.15) is 31.0 Å². The average Bonchev–Trinajstić information content (AvgIpc) is 2.79. The van der Waals surface area contributed by atoms with Crippen LogP contribution in [0, 0.1) is 6.92 Å². The molecule has 174 valence electrons. The van der Waals surface area contributed by atoms with E-state index < -0.39 is 15.9 Å². The van der Waals surface area contributed by atoms with E-state index in [-0.39, 0.29) is 17.5 Å². The molecule has 3 aromatic carbocycles. The Labute approximate surface area is 200 Å². The van der Waals surface area contributed by atoms with Crippen molar-refractivity contribution in [2.45, 2.75) is 31.7 Å². The van der Waals surface area contributed by atoms with Crippen LogP contribution < -0.4 is 14.4 Å². The molecule has 6 nitrogen and oxygen atoms in total. The molecule has 33 heavy (non-hydrogen) atoms. The zero-order valence-electron chi connectivity index (χ0n) is 18.8. The summed E-state index contributed by atoms with van der Waals surface area (Å²) in [6, 6.07) is 20.0. The second kappa shape index (κ2) is 10.7. The van der Waals surface area contributed by atoms with Crippen LogP contribution in [0.3, 0.4) is 0 Å². The molecule has 0 saturated heterocycles. The third-order valence-electron chi connectivity index (χ3n) is 5.08. The van der Waals surface area contributed by atoms with E-state index in [4.69, 9.17) is 16.3 Å². The van der Waals surface area contributed by atoms with Crippen LogP contribution in [0.25, 0.3) is 0 Å². The first kappa shape index (κ1) is 24.6. The first-order valence-electron chi connectivity index (χ1n) is 10.6. The van der Waals surface area contributed by atoms with Crippen LogP contribution in [-0.4, -0.2) is 27.5 Å². The molecule has 1 N–H and O–H groups in total. The molecule has 8 heteroatoms. The first-order valence-corrected chi connectivity index (χ1v) is 12.4. The molecular formula is C25H27ClN2O4S. The van der Waals surface area contributed by atoms with Crippen molar-refractivity contribution in [2.24, 2.45) is 0 Å². The van der Waals surface area contributed by atoms with Crippen LogP contribution in [-0.2, 0) is 14.8 Å². The highest BCUT2D eigenvalue weighted by Gasteiger charge is 2.27. The summed E-state index contributed by atoms with van der Waals surface area (Å²) in [5.74, 6) is 0.328. The Morgan fingerprint density at radius 3 is 2.18 bits per heavy atom. The molecule has 1 atom stereocenters. The molecule has 0 heterocycles. The lowest BCUT2D eigenvalue weighted by molar-refractivity contribution is -0.120. The topological polar surface area (TPSA) is 75.7 Å².